The molecule has 1 fully saturated rings. The van der Waals surface area contributed by atoms with Gasteiger partial charge in [-0.1, -0.05) is 30.7 Å². The Labute approximate surface area is 103 Å². The third-order valence-corrected chi connectivity index (χ3v) is 3.67. The summed E-state index contributed by atoms with van der Waals surface area (Å²) in [6.45, 7) is 2.86. The zero-order chi connectivity index (χ0) is 12.1. The largest absolute Gasteiger partial charge is 0.395 e. The van der Waals surface area contributed by atoms with Gasteiger partial charge in [-0.2, -0.15) is 0 Å². The molecule has 0 radical (unpaired) electrons. The Balaban J connectivity index is 2.08. The van der Waals surface area contributed by atoms with Crippen LogP contribution >= 0.6 is 0 Å². The molecule has 1 saturated heterocycles. The van der Waals surface area contributed by atoms with Crippen molar-refractivity contribution in [3.8, 4) is 0 Å². The van der Waals surface area contributed by atoms with Gasteiger partial charge in [-0.05, 0) is 30.5 Å². The van der Waals surface area contributed by atoms with E-state index in [1.165, 1.54) is 24.0 Å². The average Bonchev–Trinajstić information content (AvgIpc) is 2.40. The lowest BCUT2D eigenvalue weighted by Crippen LogP contribution is -2.41. The second kappa shape index (κ2) is 6.15. The van der Waals surface area contributed by atoms with Gasteiger partial charge in [-0.25, -0.2) is 0 Å². The Morgan fingerprint density at radius 2 is 2.00 bits per heavy atom. The Morgan fingerprint density at radius 1 is 1.24 bits per heavy atom. The molecule has 1 heterocycles. The van der Waals surface area contributed by atoms with Crippen molar-refractivity contribution in [2.45, 2.75) is 38.4 Å². The summed E-state index contributed by atoms with van der Waals surface area (Å²) in [5.74, 6) is 0. The molecule has 3 N–H and O–H groups in total. The summed E-state index contributed by atoms with van der Waals surface area (Å²) in [5, 5.41) is 9.40. The summed E-state index contributed by atoms with van der Waals surface area (Å²) < 4.78 is 0. The van der Waals surface area contributed by atoms with E-state index in [2.05, 4.69) is 23.1 Å². The van der Waals surface area contributed by atoms with Crippen LogP contribution in [0.25, 0.3) is 0 Å². The van der Waals surface area contributed by atoms with E-state index in [1.54, 1.807) is 0 Å². The smallest absolute Gasteiger partial charge is 0.0586 e. The average molecular weight is 234 g/mol. The van der Waals surface area contributed by atoms with Crippen molar-refractivity contribution in [1.29, 1.82) is 0 Å². The van der Waals surface area contributed by atoms with Gasteiger partial charge in [0, 0.05) is 19.1 Å². The van der Waals surface area contributed by atoms with Crippen LogP contribution in [0.15, 0.2) is 24.3 Å². The van der Waals surface area contributed by atoms with E-state index in [0.717, 1.165) is 19.5 Å². The molecule has 1 unspecified atom stereocenters. The lowest BCUT2D eigenvalue weighted by molar-refractivity contribution is 0.0839. The Bertz CT molecular complexity index is 354. The van der Waals surface area contributed by atoms with Crippen LogP contribution in [0.1, 0.15) is 30.4 Å². The summed E-state index contributed by atoms with van der Waals surface area (Å²) in [6.07, 6.45) is 3.59. The summed E-state index contributed by atoms with van der Waals surface area (Å²) >= 11 is 0. The van der Waals surface area contributed by atoms with Crippen molar-refractivity contribution in [3.05, 3.63) is 35.4 Å². The number of likely N-dealkylation sites (tertiary alicyclic amines) is 1. The number of aliphatic hydroxyl groups is 1. The van der Waals surface area contributed by atoms with Crippen LogP contribution < -0.4 is 5.73 Å². The summed E-state index contributed by atoms with van der Waals surface area (Å²) in [4.78, 5) is 2.39. The van der Waals surface area contributed by atoms with Crippen LogP contribution in [-0.2, 0) is 13.1 Å². The number of aliphatic hydroxyl groups excluding tert-OH is 1. The lowest BCUT2D eigenvalue weighted by Gasteiger charge is -2.35. The third-order valence-electron chi connectivity index (χ3n) is 3.67. The van der Waals surface area contributed by atoms with Gasteiger partial charge in [0.05, 0.1) is 6.61 Å². The highest BCUT2D eigenvalue weighted by Gasteiger charge is 2.21. The number of hydrogen-bond donors (Lipinski definition) is 2. The van der Waals surface area contributed by atoms with Crippen molar-refractivity contribution in [2.24, 2.45) is 5.73 Å². The monoisotopic (exact) mass is 234 g/mol. The Kier molecular flexibility index (Phi) is 4.54. The minimum Gasteiger partial charge on any atom is -0.395 e. The molecule has 1 aromatic rings. The topological polar surface area (TPSA) is 49.5 Å². The maximum atomic E-state index is 9.40. The third kappa shape index (κ3) is 3.06. The minimum absolute atomic E-state index is 0.269. The van der Waals surface area contributed by atoms with Crippen LogP contribution in [0.2, 0.25) is 0 Å². The van der Waals surface area contributed by atoms with Gasteiger partial charge in [0.1, 0.15) is 0 Å². The van der Waals surface area contributed by atoms with Gasteiger partial charge >= 0.3 is 0 Å². The van der Waals surface area contributed by atoms with Crippen molar-refractivity contribution in [3.63, 3.8) is 0 Å². The van der Waals surface area contributed by atoms with Gasteiger partial charge in [-0.3, -0.25) is 4.90 Å². The maximum Gasteiger partial charge on any atom is 0.0586 e. The Hall–Kier alpha value is -0.900. The summed E-state index contributed by atoms with van der Waals surface area (Å²) in [6, 6.07) is 8.66. The molecule has 1 aliphatic rings. The highest BCUT2D eigenvalue weighted by Crippen LogP contribution is 2.20. The molecule has 1 aromatic carbocycles. The van der Waals surface area contributed by atoms with E-state index >= 15 is 0 Å². The maximum absolute atomic E-state index is 9.40. The molecular weight excluding hydrogens is 212 g/mol. The molecule has 0 amide bonds. The zero-order valence-corrected chi connectivity index (χ0v) is 10.3. The fraction of sp³-hybridized carbons (Fsp3) is 0.571. The normalized spacial score (nSPS) is 21.6. The fourth-order valence-corrected chi connectivity index (χ4v) is 2.60. The number of piperidine rings is 1. The molecule has 3 heteroatoms. The molecule has 1 atom stereocenters. The molecule has 3 nitrogen and oxygen atoms in total. The number of hydrogen-bond acceptors (Lipinski definition) is 3. The van der Waals surface area contributed by atoms with Gasteiger partial charge in [0.25, 0.3) is 0 Å². The number of benzene rings is 1. The highest BCUT2D eigenvalue weighted by molar-refractivity contribution is 5.26. The number of nitrogens with zero attached hydrogens (tertiary/aromatic N) is 1. The van der Waals surface area contributed by atoms with Crippen molar-refractivity contribution in [1.82, 2.24) is 4.90 Å². The first-order chi connectivity index (χ1) is 8.35. The second-order valence-corrected chi connectivity index (χ2v) is 4.78. The quantitative estimate of drug-likeness (QED) is 0.830. The molecule has 0 saturated carbocycles. The zero-order valence-electron chi connectivity index (χ0n) is 10.3. The molecule has 0 bridgehead atoms. The SMILES string of the molecule is NCc1ccccc1CN1CCCCC1CO. The number of rotatable bonds is 4. The van der Waals surface area contributed by atoms with Crippen molar-refractivity contribution < 1.29 is 5.11 Å². The first kappa shape index (κ1) is 12.6. The van der Waals surface area contributed by atoms with E-state index < -0.39 is 0 Å². The van der Waals surface area contributed by atoms with Crippen LogP contribution in [0.5, 0.6) is 0 Å². The van der Waals surface area contributed by atoms with Crippen molar-refractivity contribution >= 4 is 0 Å². The van der Waals surface area contributed by atoms with Crippen LogP contribution in [0.3, 0.4) is 0 Å². The van der Waals surface area contributed by atoms with Crippen LogP contribution in [-0.4, -0.2) is 29.2 Å². The van der Waals surface area contributed by atoms with E-state index in [1.807, 2.05) is 6.07 Å². The first-order valence-electron chi connectivity index (χ1n) is 6.47. The molecular formula is C14H22N2O. The lowest BCUT2D eigenvalue weighted by atomic mass is 10.0. The Morgan fingerprint density at radius 3 is 2.71 bits per heavy atom. The van der Waals surface area contributed by atoms with Gasteiger partial charge in [-0.15, -0.1) is 0 Å². The second-order valence-electron chi connectivity index (χ2n) is 4.78. The molecule has 94 valence electrons. The van der Waals surface area contributed by atoms with Gasteiger partial charge < -0.3 is 10.8 Å². The molecule has 17 heavy (non-hydrogen) atoms. The fourth-order valence-electron chi connectivity index (χ4n) is 2.60. The molecule has 2 rings (SSSR count). The molecule has 1 aliphatic heterocycles. The van der Waals surface area contributed by atoms with Crippen LogP contribution in [0, 0.1) is 0 Å². The minimum atomic E-state index is 0.269. The first-order valence-corrected chi connectivity index (χ1v) is 6.47. The molecule has 0 aliphatic carbocycles. The van der Waals surface area contributed by atoms with E-state index in [-0.39, 0.29) is 6.61 Å². The number of nitrogens with two attached hydrogens (primary N) is 1. The predicted molar refractivity (Wildman–Crippen MR) is 69.5 cm³/mol. The van der Waals surface area contributed by atoms with Crippen LogP contribution in [0.4, 0.5) is 0 Å². The highest BCUT2D eigenvalue weighted by atomic mass is 16.3. The van der Waals surface area contributed by atoms with E-state index in [4.69, 9.17) is 5.73 Å². The summed E-state index contributed by atoms with van der Waals surface area (Å²) in [5.41, 5.74) is 8.27. The van der Waals surface area contributed by atoms with Gasteiger partial charge in [0.15, 0.2) is 0 Å². The van der Waals surface area contributed by atoms with Gasteiger partial charge in [0.2, 0.25) is 0 Å². The van der Waals surface area contributed by atoms with E-state index in [0.29, 0.717) is 12.6 Å². The van der Waals surface area contributed by atoms with E-state index in [9.17, 15) is 5.11 Å². The standard InChI is InChI=1S/C14H22N2O/c15-9-12-5-1-2-6-13(12)10-16-8-4-3-7-14(16)11-17/h1-2,5-6,14,17H,3-4,7-11,15H2. The predicted octanol–water partition coefficient (Wildman–Crippen LogP) is 1.49. The molecule has 0 spiro atoms. The summed E-state index contributed by atoms with van der Waals surface area (Å²) in [7, 11) is 0. The van der Waals surface area contributed by atoms with Crippen molar-refractivity contribution in [2.75, 3.05) is 13.2 Å². The molecule has 0 aromatic heterocycles.